The second-order valence-electron chi connectivity index (χ2n) is 7.58. The predicted molar refractivity (Wildman–Crippen MR) is 121 cm³/mol. The molecular weight excluding hydrogens is 400 g/mol. The molecule has 8 heteroatoms. The van der Waals surface area contributed by atoms with Crippen molar-refractivity contribution in [1.29, 1.82) is 0 Å². The van der Waals surface area contributed by atoms with Crippen molar-refractivity contribution in [3.8, 4) is 5.75 Å². The molecule has 1 saturated heterocycles. The number of rotatable bonds is 6. The number of ether oxygens (including phenoxy) is 1. The van der Waals surface area contributed by atoms with Crippen molar-refractivity contribution in [3.05, 3.63) is 66.0 Å². The molecule has 30 heavy (non-hydrogen) atoms. The number of nitrogens with zero attached hydrogens (tertiary/aromatic N) is 6. The second kappa shape index (κ2) is 9.91. The van der Waals surface area contributed by atoms with E-state index in [9.17, 15) is 0 Å². The highest BCUT2D eigenvalue weighted by Crippen LogP contribution is 2.35. The average molecular weight is 429 g/mol. The average Bonchev–Trinajstić information content (AvgIpc) is 3.25. The monoisotopic (exact) mass is 428 g/mol. The molecule has 1 atom stereocenters. The zero-order valence-corrected chi connectivity index (χ0v) is 18.5. The van der Waals surface area contributed by atoms with E-state index in [0.717, 1.165) is 43.3 Å². The number of aromatic nitrogens is 4. The fourth-order valence-corrected chi connectivity index (χ4v) is 4.02. The summed E-state index contributed by atoms with van der Waals surface area (Å²) in [6.45, 7) is 7.96. The van der Waals surface area contributed by atoms with E-state index < -0.39 is 0 Å². The number of hydrogen-bond donors (Lipinski definition) is 0. The van der Waals surface area contributed by atoms with Gasteiger partial charge in [-0.25, -0.2) is 4.68 Å². The van der Waals surface area contributed by atoms with Crippen molar-refractivity contribution >= 4 is 18.1 Å². The van der Waals surface area contributed by atoms with E-state index in [1.165, 1.54) is 5.69 Å². The summed E-state index contributed by atoms with van der Waals surface area (Å²) in [5.41, 5.74) is 2.37. The zero-order valence-electron chi connectivity index (χ0n) is 17.7. The lowest BCUT2D eigenvalue weighted by atomic mass is 10.0. The van der Waals surface area contributed by atoms with E-state index in [4.69, 9.17) is 4.74 Å². The Morgan fingerprint density at radius 3 is 2.23 bits per heavy atom. The molecule has 0 spiro atoms. The molecule has 1 aliphatic heterocycles. The van der Waals surface area contributed by atoms with Gasteiger partial charge < -0.3 is 9.64 Å². The number of benzene rings is 2. The normalized spacial score (nSPS) is 15.7. The molecule has 0 aliphatic carbocycles. The number of hydrogen-bond acceptors (Lipinski definition) is 6. The number of anilines is 1. The molecule has 0 N–H and O–H groups in total. The lowest BCUT2D eigenvalue weighted by molar-refractivity contribution is 0.195. The lowest BCUT2D eigenvalue weighted by Crippen LogP contribution is -2.48. The Bertz CT molecular complexity index is 924. The summed E-state index contributed by atoms with van der Waals surface area (Å²) in [5, 5.41) is 12.7. The van der Waals surface area contributed by atoms with E-state index >= 15 is 0 Å². The number of piperazine rings is 1. The number of para-hydroxylation sites is 2. The molecular formula is C22H29ClN6O. The van der Waals surface area contributed by atoms with Gasteiger partial charge >= 0.3 is 0 Å². The van der Waals surface area contributed by atoms with Crippen LogP contribution in [-0.2, 0) is 0 Å². The molecule has 3 aromatic rings. The summed E-state index contributed by atoms with van der Waals surface area (Å²) in [4.78, 5) is 4.89. The van der Waals surface area contributed by atoms with Gasteiger partial charge in [-0.1, -0.05) is 36.4 Å². The molecule has 0 bridgehead atoms. The van der Waals surface area contributed by atoms with Gasteiger partial charge in [-0.3, -0.25) is 4.90 Å². The van der Waals surface area contributed by atoms with Gasteiger partial charge in [-0.2, -0.15) is 0 Å². The van der Waals surface area contributed by atoms with E-state index in [2.05, 4.69) is 81.6 Å². The second-order valence-corrected chi connectivity index (χ2v) is 7.58. The van der Waals surface area contributed by atoms with Crippen LogP contribution in [0.4, 0.5) is 5.69 Å². The zero-order chi connectivity index (χ0) is 20.2. The van der Waals surface area contributed by atoms with Crippen LogP contribution in [0.5, 0.6) is 5.75 Å². The van der Waals surface area contributed by atoms with Gasteiger partial charge in [0.05, 0.1) is 13.2 Å². The van der Waals surface area contributed by atoms with Crippen LogP contribution in [-0.4, -0.2) is 58.4 Å². The molecule has 2 aromatic carbocycles. The summed E-state index contributed by atoms with van der Waals surface area (Å²) < 4.78 is 7.61. The first-order valence-electron chi connectivity index (χ1n) is 10.1. The van der Waals surface area contributed by atoms with Gasteiger partial charge in [-0.15, -0.1) is 17.5 Å². The third-order valence-corrected chi connectivity index (χ3v) is 5.49. The number of tetrazole rings is 1. The van der Waals surface area contributed by atoms with Crippen LogP contribution in [0.1, 0.15) is 37.3 Å². The molecule has 7 nitrogen and oxygen atoms in total. The smallest absolute Gasteiger partial charge is 0.173 e. The van der Waals surface area contributed by atoms with Crippen molar-refractivity contribution in [2.75, 3.05) is 38.2 Å². The minimum absolute atomic E-state index is 0. The predicted octanol–water partition coefficient (Wildman–Crippen LogP) is 3.60. The first kappa shape index (κ1) is 22.1. The van der Waals surface area contributed by atoms with Crippen LogP contribution < -0.4 is 9.64 Å². The topological polar surface area (TPSA) is 59.3 Å². The Morgan fingerprint density at radius 2 is 1.57 bits per heavy atom. The molecule has 1 fully saturated rings. The third kappa shape index (κ3) is 4.42. The highest BCUT2D eigenvalue weighted by Gasteiger charge is 2.32. The number of halogens is 1. The van der Waals surface area contributed by atoms with Gasteiger partial charge in [0.1, 0.15) is 11.8 Å². The first-order chi connectivity index (χ1) is 14.2. The van der Waals surface area contributed by atoms with E-state index in [-0.39, 0.29) is 24.5 Å². The largest absolute Gasteiger partial charge is 0.496 e. The maximum absolute atomic E-state index is 5.69. The van der Waals surface area contributed by atoms with E-state index in [1.54, 1.807) is 7.11 Å². The van der Waals surface area contributed by atoms with Crippen LogP contribution in [0.15, 0.2) is 54.6 Å². The van der Waals surface area contributed by atoms with Crippen molar-refractivity contribution in [2.24, 2.45) is 0 Å². The summed E-state index contributed by atoms with van der Waals surface area (Å²) >= 11 is 0. The molecule has 2 heterocycles. The first-order valence-corrected chi connectivity index (χ1v) is 10.1. The van der Waals surface area contributed by atoms with Crippen LogP contribution in [0.2, 0.25) is 0 Å². The lowest BCUT2D eigenvalue weighted by Gasteiger charge is -2.40. The van der Waals surface area contributed by atoms with E-state index in [1.807, 2.05) is 16.8 Å². The molecule has 0 amide bonds. The fourth-order valence-electron chi connectivity index (χ4n) is 4.02. The van der Waals surface area contributed by atoms with Crippen molar-refractivity contribution < 1.29 is 4.74 Å². The van der Waals surface area contributed by atoms with Crippen molar-refractivity contribution in [2.45, 2.75) is 25.9 Å². The van der Waals surface area contributed by atoms with Crippen molar-refractivity contribution in [1.82, 2.24) is 25.1 Å². The van der Waals surface area contributed by atoms with Gasteiger partial charge in [0, 0.05) is 37.4 Å². The molecule has 0 saturated carbocycles. The maximum atomic E-state index is 5.69. The summed E-state index contributed by atoms with van der Waals surface area (Å²) in [6, 6.07) is 18.9. The van der Waals surface area contributed by atoms with Crippen LogP contribution >= 0.6 is 12.4 Å². The minimum Gasteiger partial charge on any atom is -0.496 e. The standard InChI is InChI=1S/C22H28N6O.ClH/c1-17(2)28-22(23-24-25-28)21(19-11-7-8-12-20(19)29-3)27-15-13-26(14-16-27)18-9-5-4-6-10-18;/h4-12,17,21H,13-16H2,1-3H3;1H. The Balaban J connectivity index is 0.00000256. The van der Waals surface area contributed by atoms with Gasteiger partial charge in [0.15, 0.2) is 5.82 Å². The Morgan fingerprint density at radius 1 is 0.900 bits per heavy atom. The fraction of sp³-hybridized carbons (Fsp3) is 0.409. The molecule has 160 valence electrons. The van der Waals surface area contributed by atoms with E-state index in [0.29, 0.717) is 0 Å². The molecule has 4 rings (SSSR count). The molecule has 1 aliphatic rings. The highest BCUT2D eigenvalue weighted by molar-refractivity contribution is 5.85. The van der Waals surface area contributed by atoms with Crippen molar-refractivity contribution in [3.63, 3.8) is 0 Å². The summed E-state index contributed by atoms with van der Waals surface area (Å²) in [5.74, 6) is 1.72. The van der Waals surface area contributed by atoms with Crippen LogP contribution in [0, 0.1) is 0 Å². The van der Waals surface area contributed by atoms with Gasteiger partial charge in [0.2, 0.25) is 0 Å². The summed E-state index contributed by atoms with van der Waals surface area (Å²) in [6.07, 6.45) is 0. The maximum Gasteiger partial charge on any atom is 0.173 e. The quantitative estimate of drug-likeness (QED) is 0.598. The SMILES string of the molecule is COc1ccccc1C(c1nnnn1C(C)C)N1CCN(c2ccccc2)CC1.Cl. The Kier molecular flexibility index (Phi) is 7.29. The van der Waals surface area contributed by atoms with Crippen LogP contribution in [0.3, 0.4) is 0 Å². The highest BCUT2D eigenvalue weighted by atomic mass is 35.5. The molecule has 1 aromatic heterocycles. The van der Waals surface area contributed by atoms with Crippen LogP contribution in [0.25, 0.3) is 0 Å². The Hall–Kier alpha value is -2.64. The minimum atomic E-state index is -0.0542. The third-order valence-electron chi connectivity index (χ3n) is 5.49. The molecule has 1 unspecified atom stereocenters. The number of methoxy groups -OCH3 is 1. The van der Waals surface area contributed by atoms with Gasteiger partial charge in [0.25, 0.3) is 0 Å². The summed E-state index contributed by atoms with van der Waals surface area (Å²) in [7, 11) is 1.72. The van der Waals surface area contributed by atoms with Gasteiger partial charge in [-0.05, 0) is 42.5 Å². The Labute approximate surface area is 184 Å². The molecule has 0 radical (unpaired) electrons.